The summed E-state index contributed by atoms with van der Waals surface area (Å²) in [4.78, 5) is 35.0. The van der Waals surface area contributed by atoms with E-state index in [1.165, 1.54) is 6.92 Å². The average molecular weight is 464 g/mol. The smallest absolute Gasteiger partial charge is 0.276 e. The Bertz CT molecular complexity index is 1230. The summed E-state index contributed by atoms with van der Waals surface area (Å²) in [5.74, 6) is -1.53. The molecule has 3 heterocycles. The molecule has 1 atom stereocenters. The lowest BCUT2D eigenvalue weighted by Gasteiger charge is -2.33. The van der Waals surface area contributed by atoms with Crippen molar-refractivity contribution in [3.8, 4) is 11.3 Å². The van der Waals surface area contributed by atoms with Crippen LogP contribution >= 0.6 is 0 Å². The fourth-order valence-electron chi connectivity index (χ4n) is 4.00. The molecule has 10 heteroatoms. The largest absolute Gasteiger partial charge is 0.397 e. The zero-order valence-electron chi connectivity index (χ0n) is 18.7. The highest BCUT2D eigenvalue weighted by Crippen LogP contribution is 2.30. The van der Waals surface area contributed by atoms with Crippen LogP contribution in [0.15, 0.2) is 48.8 Å². The number of carbonyl (C=O) groups excluding carboxylic acids is 2. The summed E-state index contributed by atoms with van der Waals surface area (Å²) in [6.45, 7) is 2.85. The Labute approximate surface area is 196 Å². The van der Waals surface area contributed by atoms with Gasteiger partial charge in [-0.1, -0.05) is 12.1 Å². The van der Waals surface area contributed by atoms with E-state index in [2.05, 4.69) is 25.5 Å². The predicted molar refractivity (Wildman–Crippen MR) is 130 cm³/mol. The van der Waals surface area contributed by atoms with Gasteiger partial charge in [0.05, 0.1) is 23.3 Å². The van der Waals surface area contributed by atoms with Crippen LogP contribution in [0.2, 0.25) is 0 Å². The number of piperidine rings is 1. The maximum Gasteiger partial charge on any atom is 0.276 e. The Hall–Kier alpha value is -4.05. The fourth-order valence-corrected chi connectivity index (χ4v) is 4.00. The summed E-state index contributed by atoms with van der Waals surface area (Å²) in [5, 5.41) is 5.45. The fraction of sp³-hybridized carbons (Fsp3) is 0.250. The molecule has 0 bridgehead atoms. The molecule has 0 saturated carbocycles. The average Bonchev–Trinajstić information content (AvgIpc) is 2.79. The second-order valence-electron chi connectivity index (χ2n) is 8.21. The van der Waals surface area contributed by atoms with E-state index in [9.17, 15) is 14.0 Å². The van der Waals surface area contributed by atoms with E-state index < -0.39 is 11.7 Å². The van der Waals surface area contributed by atoms with Crippen molar-refractivity contribution in [2.45, 2.75) is 25.8 Å². The first kappa shape index (κ1) is 23.1. The van der Waals surface area contributed by atoms with Gasteiger partial charge in [0.2, 0.25) is 5.91 Å². The molecule has 0 unspecified atom stereocenters. The van der Waals surface area contributed by atoms with Crippen LogP contribution < -0.4 is 27.0 Å². The van der Waals surface area contributed by atoms with Crippen LogP contribution in [0.3, 0.4) is 0 Å². The number of benzene rings is 1. The van der Waals surface area contributed by atoms with Gasteiger partial charge in [0.1, 0.15) is 5.69 Å². The van der Waals surface area contributed by atoms with E-state index in [1.807, 2.05) is 6.07 Å². The Morgan fingerprint density at radius 3 is 2.79 bits per heavy atom. The van der Waals surface area contributed by atoms with Gasteiger partial charge < -0.3 is 27.0 Å². The number of nitrogens with two attached hydrogens (primary N) is 2. The molecule has 0 aliphatic carbocycles. The number of halogens is 1. The number of rotatable bonds is 5. The number of amides is 2. The topological polar surface area (TPSA) is 139 Å². The van der Waals surface area contributed by atoms with E-state index in [0.29, 0.717) is 23.5 Å². The second kappa shape index (κ2) is 9.84. The number of carbonyl (C=O) groups is 2. The SMILES string of the molecule is CC(=O)Nc1cccc(-c2nc(C(=O)Nc3cnccc3N3CCC[C@H](N)C3)c(N)cc2F)c1. The lowest BCUT2D eigenvalue weighted by Crippen LogP contribution is -2.43. The minimum atomic E-state index is -0.682. The minimum Gasteiger partial charge on any atom is -0.397 e. The van der Waals surface area contributed by atoms with Gasteiger partial charge in [0.25, 0.3) is 5.91 Å². The van der Waals surface area contributed by atoms with Gasteiger partial charge in [0.15, 0.2) is 11.5 Å². The lowest BCUT2D eigenvalue weighted by atomic mass is 10.1. The molecule has 6 N–H and O–H groups in total. The predicted octanol–water partition coefficient (Wildman–Crippen LogP) is 3.00. The van der Waals surface area contributed by atoms with E-state index in [-0.39, 0.29) is 29.0 Å². The number of nitrogens with one attached hydrogen (secondary N) is 2. The first-order chi connectivity index (χ1) is 16.3. The molecule has 4 rings (SSSR count). The molecule has 3 aromatic rings. The third kappa shape index (κ3) is 5.12. The van der Waals surface area contributed by atoms with Crippen molar-refractivity contribution in [1.29, 1.82) is 0 Å². The highest BCUT2D eigenvalue weighted by atomic mass is 19.1. The van der Waals surface area contributed by atoms with Crippen molar-refractivity contribution in [3.63, 3.8) is 0 Å². The van der Waals surface area contributed by atoms with Gasteiger partial charge in [-0.15, -0.1) is 0 Å². The van der Waals surface area contributed by atoms with Crippen LogP contribution in [-0.2, 0) is 4.79 Å². The zero-order chi connectivity index (χ0) is 24.2. The first-order valence-electron chi connectivity index (χ1n) is 10.9. The van der Waals surface area contributed by atoms with Crippen molar-refractivity contribution in [1.82, 2.24) is 9.97 Å². The molecular weight excluding hydrogens is 437 g/mol. The van der Waals surface area contributed by atoms with Gasteiger partial charge in [0, 0.05) is 49.6 Å². The van der Waals surface area contributed by atoms with E-state index in [1.54, 1.807) is 36.7 Å². The summed E-state index contributed by atoms with van der Waals surface area (Å²) >= 11 is 0. The van der Waals surface area contributed by atoms with Crippen molar-refractivity contribution in [2.24, 2.45) is 5.73 Å². The van der Waals surface area contributed by atoms with Crippen LogP contribution in [0.4, 0.5) is 27.1 Å². The molecule has 1 saturated heterocycles. The Kier molecular flexibility index (Phi) is 6.69. The summed E-state index contributed by atoms with van der Waals surface area (Å²) < 4.78 is 14.8. The quantitative estimate of drug-likeness (QED) is 0.456. The van der Waals surface area contributed by atoms with Crippen LogP contribution in [-0.4, -0.2) is 40.9 Å². The van der Waals surface area contributed by atoms with Crippen LogP contribution in [0.25, 0.3) is 11.3 Å². The number of pyridine rings is 2. The summed E-state index contributed by atoms with van der Waals surface area (Å²) in [6, 6.07) is 9.46. The summed E-state index contributed by atoms with van der Waals surface area (Å²) in [7, 11) is 0. The van der Waals surface area contributed by atoms with Crippen molar-refractivity contribution in [3.05, 3.63) is 60.3 Å². The van der Waals surface area contributed by atoms with E-state index in [4.69, 9.17) is 11.5 Å². The maximum absolute atomic E-state index is 14.8. The third-order valence-corrected chi connectivity index (χ3v) is 5.52. The molecule has 176 valence electrons. The number of aromatic nitrogens is 2. The minimum absolute atomic E-state index is 0.0516. The van der Waals surface area contributed by atoms with Crippen LogP contribution in [0.5, 0.6) is 0 Å². The van der Waals surface area contributed by atoms with Crippen molar-refractivity contribution in [2.75, 3.05) is 34.4 Å². The molecule has 1 aliphatic rings. The zero-order valence-corrected chi connectivity index (χ0v) is 18.7. The standard InChI is InChI=1S/C24H26FN7O2/c1-14(33)29-17-6-2-4-15(10-17)22-18(25)11-19(27)23(31-22)24(34)30-20-12-28-8-7-21(20)32-9-3-5-16(26)13-32/h2,4,6-8,10-12,16H,3,5,9,13,26-27H2,1H3,(H,29,33)(H,30,34)/t16-/m0/s1. The number of nitrogen functional groups attached to an aromatic ring is 1. The normalized spacial score (nSPS) is 15.6. The molecular formula is C24H26FN7O2. The second-order valence-corrected chi connectivity index (χ2v) is 8.21. The molecule has 34 heavy (non-hydrogen) atoms. The lowest BCUT2D eigenvalue weighted by molar-refractivity contribution is -0.114. The van der Waals surface area contributed by atoms with Crippen molar-refractivity contribution < 1.29 is 14.0 Å². The molecule has 1 aromatic carbocycles. The highest BCUT2D eigenvalue weighted by Gasteiger charge is 2.22. The summed E-state index contributed by atoms with van der Waals surface area (Å²) in [5.41, 5.74) is 14.0. The number of nitrogens with zero attached hydrogens (tertiary/aromatic N) is 3. The molecule has 0 radical (unpaired) electrons. The van der Waals surface area contributed by atoms with Crippen LogP contribution in [0.1, 0.15) is 30.3 Å². The summed E-state index contributed by atoms with van der Waals surface area (Å²) in [6.07, 6.45) is 5.09. The molecule has 1 aliphatic heterocycles. The molecule has 2 amide bonds. The molecule has 2 aromatic heterocycles. The number of anilines is 4. The van der Waals surface area contributed by atoms with Gasteiger partial charge in [-0.25, -0.2) is 9.37 Å². The Morgan fingerprint density at radius 2 is 2.03 bits per heavy atom. The van der Waals surface area contributed by atoms with Gasteiger partial charge >= 0.3 is 0 Å². The van der Waals surface area contributed by atoms with E-state index in [0.717, 1.165) is 31.1 Å². The van der Waals surface area contributed by atoms with Crippen molar-refractivity contribution >= 4 is 34.6 Å². The van der Waals surface area contributed by atoms with Gasteiger partial charge in [-0.2, -0.15) is 0 Å². The van der Waals surface area contributed by atoms with Gasteiger partial charge in [-0.3, -0.25) is 14.6 Å². The van der Waals surface area contributed by atoms with E-state index >= 15 is 0 Å². The number of hydrogen-bond acceptors (Lipinski definition) is 7. The molecule has 1 fully saturated rings. The van der Waals surface area contributed by atoms with Crippen LogP contribution in [0, 0.1) is 5.82 Å². The highest BCUT2D eigenvalue weighted by molar-refractivity contribution is 6.08. The number of hydrogen-bond donors (Lipinski definition) is 4. The third-order valence-electron chi connectivity index (χ3n) is 5.52. The van der Waals surface area contributed by atoms with Gasteiger partial charge in [-0.05, 0) is 31.0 Å². The maximum atomic E-state index is 14.8. The Balaban J connectivity index is 1.64. The monoisotopic (exact) mass is 463 g/mol. The molecule has 0 spiro atoms. The Morgan fingerprint density at radius 1 is 1.21 bits per heavy atom. The first-order valence-corrected chi connectivity index (χ1v) is 10.9. The molecule has 9 nitrogen and oxygen atoms in total.